The van der Waals surface area contributed by atoms with E-state index in [9.17, 15) is 18.3 Å². The van der Waals surface area contributed by atoms with Crippen molar-refractivity contribution in [2.45, 2.75) is 57.0 Å². The van der Waals surface area contributed by atoms with Crippen LogP contribution in [0, 0.1) is 6.92 Å². The van der Waals surface area contributed by atoms with Crippen LogP contribution in [0.15, 0.2) is 27.9 Å². The lowest BCUT2D eigenvalue weighted by Crippen LogP contribution is -2.49. The second-order valence-corrected chi connectivity index (χ2v) is 11.2. The second-order valence-electron chi connectivity index (χ2n) is 9.35. The molecule has 2 atom stereocenters. The number of fused-ring (bicyclic) bond motifs is 3. The summed E-state index contributed by atoms with van der Waals surface area (Å²) in [5.41, 5.74) is 1.03. The molecule has 0 aliphatic carbocycles. The van der Waals surface area contributed by atoms with E-state index >= 15 is 0 Å². The summed E-state index contributed by atoms with van der Waals surface area (Å²) in [6.07, 6.45) is 2.26. The lowest BCUT2D eigenvalue weighted by Gasteiger charge is -2.33. The number of benzene rings is 1. The van der Waals surface area contributed by atoms with Crippen molar-refractivity contribution < 1.29 is 18.3 Å². The number of rotatable bonds is 9. The lowest BCUT2D eigenvalue weighted by atomic mass is 10.2. The first-order chi connectivity index (χ1) is 17.3. The Morgan fingerprint density at radius 3 is 2.69 bits per heavy atom. The van der Waals surface area contributed by atoms with Gasteiger partial charge in [0.05, 0.1) is 29.4 Å². The van der Waals surface area contributed by atoms with Crippen LogP contribution in [0.25, 0.3) is 16.9 Å². The van der Waals surface area contributed by atoms with Crippen LogP contribution in [0.5, 0.6) is 5.75 Å². The van der Waals surface area contributed by atoms with Crippen LogP contribution in [0.1, 0.15) is 38.2 Å². The molecule has 11 nitrogen and oxygen atoms in total. The molecule has 3 aromatic rings. The van der Waals surface area contributed by atoms with E-state index in [-0.39, 0.29) is 35.0 Å². The summed E-state index contributed by atoms with van der Waals surface area (Å²) < 4.78 is 36.2. The average Bonchev–Trinajstić information content (AvgIpc) is 3.53. The van der Waals surface area contributed by atoms with Crippen LogP contribution in [0.2, 0.25) is 0 Å². The maximum Gasteiger partial charge on any atom is 0.277 e. The van der Waals surface area contributed by atoms with Crippen molar-refractivity contribution in [2.75, 3.05) is 32.8 Å². The summed E-state index contributed by atoms with van der Waals surface area (Å²) in [4.78, 5) is 22.6. The van der Waals surface area contributed by atoms with Gasteiger partial charge in [0.1, 0.15) is 11.6 Å². The molecule has 0 spiro atoms. The zero-order valence-electron chi connectivity index (χ0n) is 20.8. The summed E-state index contributed by atoms with van der Waals surface area (Å²) in [5, 5.41) is 13.9. The van der Waals surface area contributed by atoms with Crippen molar-refractivity contribution >= 4 is 15.5 Å². The van der Waals surface area contributed by atoms with Crippen molar-refractivity contribution in [3.05, 3.63) is 40.1 Å². The van der Waals surface area contributed by atoms with E-state index in [1.807, 2.05) is 13.8 Å². The highest BCUT2D eigenvalue weighted by atomic mass is 32.2. The van der Waals surface area contributed by atoms with Gasteiger partial charge in [0.25, 0.3) is 5.56 Å². The molecule has 2 unspecified atom stereocenters. The van der Waals surface area contributed by atoms with Gasteiger partial charge in [-0.1, -0.05) is 6.92 Å². The number of hydrogen-bond acceptors (Lipinski definition) is 8. The molecule has 2 aliphatic heterocycles. The quantitative estimate of drug-likeness (QED) is 0.433. The molecule has 0 saturated carbocycles. The number of piperazine rings is 1. The number of nitrogens with one attached hydrogen (secondary N) is 1. The molecule has 194 valence electrons. The van der Waals surface area contributed by atoms with Gasteiger partial charge in [-0.2, -0.15) is 4.31 Å². The van der Waals surface area contributed by atoms with Crippen molar-refractivity contribution in [2.24, 2.45) is 0 Å². The van der Waals surface area contributed by atoms with Crippen molar-refractivity contribution in [1.82, 2.24) is 28.8 Å². The maximum absolute atomic E-state index is 13.7. The molecule has 0 amide bonds. The number of aryl methyl sites for hydroxylation is 2. The minimum absolute atomic E-state index is 0.0597. The van der Waals surface area contributed by atoms with Gasteiger partial charge in [0.2, 0.25) is 10.0 Å². The highest BCUT2D eigenvalue weighted by Gasteiger charge is 2.48. The lowest BCUT2D eigenvalue weighted by molar-refractivity contribution is 0.145. The SMILES string of the molecule is CCCc1nc(C)c2c(=O)[nH]c(-c3cc(S(=O)(=O)N4CC5CC4CN5CCO)ccc3OCC)nn12. The number of ether oxygens (including phenoxy) is 1. The molecule has 5 rings (SSSR count). The third kappa shape index (κ3) is 4.11. The number of aliphatic hydroxyl groups excluding tert-OH is 1. The number of β-amino-alcohol motifs (C(OH)–C–C–N with tert-alkyl or cyclic N) is 1. The largest absolute Gasteiger partial charge is 0.493 e. The number of sulfonamides is 1. The number of aliphatic hydroxyl groups is 1. The number of aromatic nitrogens is 4. The minimum Gasteiger partial charge on any atom is -0.493 e. The van der Waals surface area contributed by atoms with E-state index < -0.39 is 10.0 Å². The Morgan fingerprint density at radius 1 is 1.22 bits per heavy atom. The summed E-state index contributed by atoms with van der Waals surface area (Å²) in [7, 11) is -3.79. The van der Waals surface area contributed by atoms with Crippen LogP contribution < -0.4 is 10.3 Å². The van der Waals surface area contributed by atoms with Gasteiger partial charge < -0.3 is 14.8 Å². The molecule has 4 heterocycles. The highest BCUT2D eigenvalue weighted by molar-refractivity contribution is 7.89. The van der Waals surface area contributed by atoms with E-state index in [2.05, 4.69) is 20.0 Å². The average molecular weight is 517 g/mol. The molecular formula is C24H32N6O5S. The third-order valence-electron chi connectivity index (χ3n) is 7.02. The van der Waals surface area contributed by atoms with Crippen LogP contribution in [-0.4, -0.2) is 87.2 Å². The number of H-pyrrole nitrogens is 1. The van der Waals surface area contributed by atoms with Gasteiger partial charge in [0.15, 0.2) is 11.3 Å². The fourth-order valence-corrected chi connectivity index (χ4v) is 7.11. The first-order valence-electron chi connectivity index (χ1n) is 12.4. The normalized spacial score (nSPS) is 20.6. The van der Waals surface area contributed by atoms with Gasteiger partial charge >= 0.3 is 0 Å². The van der Waals surface area contributed by atoms with Gasteiger partial charge in [0, 0.05) is 38.1 Å². The van der Waals surface area contributed by atoms with Gasteiger partial charge in [-0.25, -0.2) is 17.9 Å². The summed E-state index contributed by atoms with van der Waals surface area (Å²) in [6, 6.07) is 4.68. The Labute approximate surface area is 209 Å². The molecular weight excluding hydrogens is 484 g/mol. The van der Waals surface area contributed by atoms with Crippen molar-refractivity contribution in [1.29, 1.82) is 0 Å². The Kier molecular flexibility index (Phi) is 6.62. The number of aromatic amines is 1. The van der Waals surface area contributed by atoms with E-state index in [4.69, 9.17) is 4.74 Å². The summed E-state index contributed by atoms with van der Waals surface area (Å²) >= 11 is 0. The molecule has 2 fully saturated rings. The molecule has 2 bridgehead atoms. The number of hydrogen-bond donors (Lipinski definition) is 2. The van der Waals surface area contributed by atoms with Crippen molar-refractivity contribution in [3.8, 4) is 17.1 Å². The maximum atomic E-state index is 13.7. The Balaban J connectivity index is 1.57. The first kappa shape index (κ1) is 24.9. The number of likely N-dealkylation sites (tertiary alicyclic amines) is 1. The van der Waals surface area contributed by atoms with Crippen LogP contribution >= 0.6 is 0 Å². The Hall–Kier alpha value is -2.80. The zero-order valence-corrected chi connectivity index (χ0v) is 21.6. The number of imidazole rings is 1. The standard InChI is InChI=1S/C24H32N6O5S/c1-4-6-21-25-15(3)22-24(32)26-23(27-30(21)22)19-12-18(7-8-20(19)35-5-2)36(33,34)29-14-16-11-17(29)13-28(16)9-10-31/h7-8,12,16-17,31H,4-6,9-11,13-14H2,1-3H3,(H,26,27,32). The summed E-state index contributed by atoms with van der Waals surface area (Å²) in [5.74, 6) is 1.34. The van der Waals surface area contributed by atoms with E-state index in [0.29, 0.717) is 61.0 Å². The molecule has 2 aromatic heterocycles. The molecule has 2 aliphatic rings. The molecule has 0 radical (unpaired) electrons. The van der Waals surface area contributed by atoms with Crippen molar-refractivity contribution in [3.63, 3.8) is 0 Å². The zero-order chi connectivity index (χ0) is 25.6. The predicted octanol–water partition coefficient (Wildman–Crippen LogP) is 1.18. The van der Waals surface area contributed by atoms with E-state index in [1.54, 1.807) is 27.9 Å². The molecule has 36 heavy (non-hydrogen) atoms. The van der Waals surface area contributed by atoms with Gasteiger partial charge in [-0.3, -0.25) is 9.69 Å². The molecule has 2 saturated heterocycles. The highest BCUT2D eigenvalue weighted by Crippen LogP contribution is 2.37. The third-order valence-corrected chi connectivity index (χ3v) is 8.93. The first-order valence-corrected chi connectivity index (χ1v) is 13.8. The second kappa shape index (κ2) is 9.58. The molecule has 12 heteroatoms. The Bertz CT molecular complexity index is 1450. The van der Waals surface area contributed by atoms with Gasteiger partial charge in [-0.05, 0) is 44.9 Å². The molecule has 1 aromatic carbocycles. The van der Waals surface area contributed by atoms with E-state index in [1.165, 1.54) is 6.07 Å². The predicted molar refractivity (Wildman–Crippen MR) is 134 cm³/mol. The minimum atomic E-state index is -3.79. The topological polar surface area (TPSA) is 133 Å². The van der Waals surface area contributed by atoms with Crippen LogP contribution in [-0.2, 0) is 16.4 Å². The summed E-state index contributed by atoms with van der Waals surface area (Å²) in [6.45, 7) is 7.63. The monoisotopic (exact) mass is 516 g/mol. The Morgan fingerprint density at radius 2 is 2.03 bits per heavy atom. The fraction of sp³-hybridized carbons (Fsp3) is 0.542. The van der Waals surface area contributed by atoms with Crippen LogP contribution in [0.4, 0.5) is 0 Å². The smallest absolute Gasteiger partial charge is 0.277 e. The number of nitrogens with zero attached hydrogens (tertiary/aromatic N) is 5. The van der Waals surface area contributed by atoms with Gasteiger partial charge in [-0.15, -0.1) is 5.10 Å². The molecule has 2 N–H and O–H groups in total. The van der Waals surface area contributed by atoms with Crippen LogP contribution in [0.3, 0.4) is 0 Å². The fourth-order valence-electron chi connectivity index (χ4n) is 5.42. The van der Waals surface area contributed by atoms with E-state index in [0.717, 1.165) is 12.8 Å².